The van der Waals surface area contributed by atoms with E-state index in [2.05, 4.69) is 35.9 Å². The number of carbonyl (C=O) groups excluding carboxylic acids is 1. The maximum Gasteiger partial charge on any atom is 0.259 e. The lowest BCUT2D eigenvalue weighted by Gasteiger charge is -2.17. The highest BCUT2D eigenvalue weighted by Crippen LogP contribution is 2.26. The molecule has 2 aromatic heterocycles. The normalized spacial score (nSPS) is 17.0. The highest BCUT2D eigenvalue weighted by atomic mass is 35.5. The molecule has 0 saturated carbocycles. The number of benzene rings is 1. The number of amides is 1. The summed E-state index contributed by atoms with van der Waals surface area (Å²) in [7, 11) is 1.50. The number of nitrogens with one attached hydrogen (secondary N) is 2. The summed E-state index contributed by atoms with van der Waals surface area (Å²) in [5.41, 5.74) is 0.774. The number of hydrogen-bond acceptors (Lipinski definition) is 9. The first-order valence-corrected chi connectivity index (χ1v) is 10.5. The Kier molecular flexibility index (Phi) is 6.36. The van der Waals surface area contributed by atoms with Crippen molar-refractivity contribution in [3.05, 3.63) is 53.2 Å². The summed E-state index contributed by atoms with van der Waals surface area (Å²) in [6.07, 6.45) is 1.71. The Morgan fingerprint density at radius 2 is 2.07 bits per heavy atom. The summed E-state index contributed by atoms with van der Waals surface area (Å²) >= 11 is 7.28. The monoisotopic (exact) mass is 445 g/mol. The maximum absolute atomic E-state index is 12.6. The van der Waals surface area contributed by atoms with Gasteiger partial charge in [-0.15, -0.1) is 15.3 Å². The molecule has 156 valence electrons. The van der Waals surface area contributed by atoms with Crippen LogP contribution in [0.15, 0.2) is 42.6 Å². The minimum Gasteiger partial charge on any atom is -0.367 e. The standard InChI is InChI=1S/C19H20ClN7O2S/c1-29-16(12-5-3-2-4-6-12)17(28)23-19-26-25-18(30-19)22-14-7-8-27(11-14)15-9-13(20)10-21-24-15/h2-6,9-10,14,16H,7-8,11H2,1H3,(H,22,25)(H,23,26,28)/t14-,16+/m1/s1. The first-order valence-electron chi connectivity index (χ1n) is 9.34. The highest BCUT2D eigenvalue weighted by molar-refractivity contribution is 7.19. The molecule has 1 aliphatic rings. The van der Waals surface area contributed by atoms with E-state index >= 15 is 0 Å². The van der Waals surface area contributed by atoms with Crippen LogP contribution >= 0.6 is 22.9 Å². The van der Waals surface area contributed by atoms with Gasteiger partial charge in [0.1, 0.15) is 0 Å². The topological polar surface area (TPSA) is 105 Å². The van der Waals surface area contributed by atoms with E-state index in [4.69, 9.17) is 16.3 Å². The van der Waals surface area contributed by atoms with Crippen molar-refractivity contribution in [1.29, 1.82) is 0 Å². The lowest BCUT2D eigenvalue weighted by atomic mass is 10.1. The molecule has 30 heavy (non-hydrogen) atoms. The van der Waals surface area contributed by atoms with Gasteiger partial charge in [0.05, 0.1) is 11.2 Å². The molecule has 2 atom stereocenters. The molecule has 3 aromatic rings. The van der Waals surface area contributed by atoms with Gasteiger partial charge < -0.3 is 15.0 Å². The molecule has 2 N–H and O–H groups in total. The number of anilines is 3. The zero-order valence-electron chi connectivity index (χ0n) is 16.2. The van der Waals surface area contributed by atoms with Gasteiger partial charge in [0.25, 0.3) is 5.91 Å². The molecule has 0 unspecified atom stereocenters. The van der Waals surface area contributed by atoms with Crippen LogP contribution in [0, 0.1) is 0 Å². The van der Waals surface area contributed by atoms with Crippen molar-refractivity contribution in [3.8, 4) is 0 Å². The van der Waals surface area contributed by atoms with Gasteiger partial charge in [-0.1, -0.05) is 53.3 Å². The number of ether oxygens (including phenoxy) is 1. The molecule has 1 aromatic carbocycles. The van der Waals surface area contributed by atoms with Crippen molar-refractivity contribution in [2.75, 3.05) is 35.7 Å². The van der Waals surface area contributed by atoms with Crippen LogP contribution in [0.4, 0.5) is 16.1 Å². The van der Waals surface area contributed by atoms with Crippen LogP contribution in [-0.2, 0) is 9.53 Å². The van der Waals surface area contributed by atoms with E-state index < -0.39 is 6.10 Å². The lowest BCUT2D eigenvalue weighted by molar-refractivity contribution is -0.126. The fourth-order valence-corrected chi connectivity index (χ4v) is 4.14. The molecular weight excluding hydrogens is 426 g/mol. The molecule has 1 aliphatic heterocycles. The molecular formula is C19H20ClN7O2S. The molecule has 0 aliphatic carbocycles. The van der Waals surface area contributed by atoms with E-state index in [-0.39, 0.29) is 11.9 Å². The van der Waals surface area contributed by atoms with Crippen molar-refractivity contribution in [3.63, 3.8) is 0 Å². The molecule has 1 fully saturated rings. The molecule has 0 radical (unpaired) electrons. The minimum absolute atomic E-state index is 0.179. The molecule has 9 nitrogen and oxygen atoms in total. The van der Waals surface area contributed by atoms with Gasteiger partial charge >= 0.3 is 0 Å². The quantitative estimate of drug-likeness (QED) is 0.571. The van der Waals surface area contributed by atoms with Gasteiger partial charge in [-0.3, -0.25) is 10.1 Å². The maximum atomic E-state index is 12.6. The van der Waals surface area contributed by atoms with Gasteiger partial charge in [0.15, 0.2) is 11.9 Å². The van der Waals surface area contributed by atoms with Gasteiger partial charge in [-0.25, -0.2) is 0 Å². The van der Waals surface area contributed by atoms with Crippen molar-refractivity contribution in [2.45, 2.75) is 18.6 Å². The van der Waals surface area contributed by atoms with Gasteiger partial charge in [0, 0.05) is 32.3 Å². The van der Waals surface area contributed by atoms with Crippen molar-refractivity contribution in [1.82, 2.24) is 20.4 Å². The third kappa shape index (κ3) is 4.84. The van der Waals surface area contributed by atoms with E-state index in [9.17, 15) is 4.79 Å². The Morgan fingerprint density at radius 1 is 1.27 bits per heavy atom. The largest absolute Gasteiger partial charge is 0.367 e. The number of rotatable bonds is 7. The highest BCUT2D eigenvalue weighted by Gasteiger charge is 2.25. The van der Waals surface area contributed by atoms with E-state index in [1.807, 2.05) is 30.3 Å². The number of hydrogen-bond donors (Lipinski definition) is 2. The third-order valence-corrected chi connectivity index (χ3v) is 5.66. The number of carbonyl (C=O) groups is 1. The average Bonchev–Trinajstić information content (AvgIpc) is 3.39. The van der Waals surface area contributed by atoms with Crippen LogP contribution in [0.3, 0.4) is 0 Å². The molecule has 4 rings (SSSR count). The Labute approximate surface area is 182 Å². The zero-order chi connectivity index (χ0) is 20.9. The van der Waals surface area contributed by atoms with E-state index in [1.54, 1.807) is 6.07 Å². The number of aromatic nitrogens is 4. The SMILES string of the molecule is CO[C@H](C(=O)Nc1nnc(N[C@@H]2CCN(c3cc(Cl)cnn3)C2)s1)c1ccccc1. The number of halogens is 1. The van der Waals surface area contributed by atoms with E-state index in [1.165, 1.54) is 24.6 Å². The minimum atomic E-state index is -0.714. The first kappa shape index (κ1) is 20.5. The molecule has 1 amide bonds. The van der Waals surface area contributed by atoms with Crippen LogP contribution in [0.25, 0.3) is 0 Å². The van der Waals surface area contributed by atoms with Crippen molar-refractivity contribution < 1.29 is 9.53 Å². The Morgan fingerprint density at radius 3 is 2.83 bits per heavy atom. The van der Waals surface area contributed by atoms with Crippen LogP contribution in [0.2, 0.25) is 5.02 Å². The Hall–Kier alpha value is -2.82. The molecule has 1 saturated heterocycles. The Balaban J connectivity index is 1.34. The van der Waals surface area contributed by atoms with E-state index in [0.717, 1.165) is 30.9 Å². The second-order valence-corrected chi connectivity index (χ2v) is 8.15. The molecule has 11 heteroatoms. The third-order valence-electron chi connectivity index (χ3n) is 4.68. The predicted molar refractivity (Wildman–Crippen MR) is 116 cm³/mol. The fraction of sp³-hybridized carbons (Fsp3) is 0.316. The predicted octanol–water partition coefficient (Wildman–Crippen LogP) is 3.00. The summed E-state index contributed by atoms with van der Waals surface area (Å²) in [6.45, 7) is 1.58. The van der Waals surface area contributed by atoms with Crippen LogP contribution < -0.4 is 15.5 Å². The lowest BCUT2D eigenvalue weighted by Crippen LogP contribution is -2.26. The summed E-state index contributed by atoms with van der Waals surface area (Å²) in [5, 5.41) is 24.0. The fourth-order valence-electron chi connectivity index (χ4n) is 3.27. The summed E-state index contributed by atoms with van der Waals surface area (Å²) in [6, 6.07) is 11.3. The van der Waals surface area contributed by atoms with Crippen molar-refractivity contribution in [2.24, 2.45) is 0 Å². The zero-order valence-corrected chi connectivity index (χ0v) is 17.7. The average molecular weight is 446 g/mol. The molecule has 0 spiro atoms. The summed E-state index contributed by atoms with van der Waals surface area (Å²) in [4.78, 5) is 14.7. The second kappa shape index (κ2) is 9.33. The summed E-state index contributed by atoms with van der Waals surface area (Å²) < 4.78 is 5.35. The number of methoxy groups -OCH3 is 1. The second-order valence-electron chi connectivity index (χ2n) is 6.74. The van der Waals surface area contributed by atoms with Crippen LogP contribution in [-0.4, -0.2) is 52.5 Å². The molecule has 3 heterocycles. The van der Waals surface area contributed by atoms with Crippen LogP contribution in [0.5, 0.6) is 0 Å². The van der Waals surface area contributed by atoms with Crippen LogP contribution in [0.1, 0.15) is 18.1 Å². The van der Waals surface area contributed by atoms with Gasteiger partial charge in [-0.05, 0) is 12.0 Å². The van der Waals surface area contributed by atoms with Crippen molar-refractivity contribution >= 4 is 44.9 Å². The smallest absolute Gasteiger partial charge is 0.259 e. The van der Waals surface area contributed by atoms with E-state index in [0.29, 0.717) is 15.3 Å². The van der Waals surface area contributed by atoms with Gasteiger partial charge in [0.2, 0.25) is 10.3 Å². The first-order chi connectivity index (χ1) is 14.6. The summed E-state index contributed by atoms with van der Waals surface area (Å²) in [5.74, 6) is 0.460. The van der Waals surface area contributed by atoms with Gasteiger partial charge in [-0.2, -0.15) is 5.10 Å². The Bertz CT molecular complexity index is 1000. The number of nitrogens with zero attached hydrogens (tertiary/aromatic N) is 5. The molecule has 0 bridgehead atoms.